The van der Waals surface area contributed by atoms with Crippen molar-refractivity contribution in [1.82, 2.24) is 4.98 Å². The monoisotopic (exact) mass is 242 g/mol. The van der Waals surface area contributed by atoms with E-state index in [4.69, 9.17) is 5.11 Å². The van der Waals surface area contributed by atoms with Crippen molar-refractivity contribution >= 4 is 23.4 Å². The van der Waals surface area contributed by atoms with Gasteiger partial charge in [0.05, 0.1) is 11.3 Å². The first-order chi connectivity index (χ1) is 7.50. The van der Waals surface area contributed by atoms with Crippen LogP contribution in [0.15, 0.2) is 17.3 Å². The molecule has 0 unspecified atom stereocenters. The van der Waals surface area contributed by atoms with Crippen molar-refractivity contribution in [3.05, 3.63) is 27.9 Å². The van der Waals surface area contributed by atoms with Gasteiger partial charge in [0.1, 0.15) is 5.03 Å². The van der Waals surface area contributed by atoms with E-state index < -0.39 is 10.9 Å². The number of pyridine rings is 1. The second kappa shape index (κ2) is 5.45. The van der Waals surface area contributed by atoms with Crippen LogP contribution in [0.5, 0.6) is 0 Å². The van der Waals surface area contributed by atoms with E-state index >= 15 is 0 Å². The topological polar surface area (TPSA) is 93.3 Å². The zero-order valence-corrected chi connectivity index (χ0v) is 9.36. The third kappa shape index (κ3) is 3.50. The smallest absolute Gasteiger partial charge is 0.304 e. The molecule has 1 aromatic heterocycles. The summed E-state index contributed by atoms with van der Waals surface area (Å²) in [5.41, 5.74) is 0.500. The highest BCUT2D eigenvalue weighted by Crippen LogP contribution is 2.23. The van der Waals surface area contributed by atoms with Crippen LogP contribution in [-0.4, -0.2) is 26.7 Å². The number of hydrogen-bond acceptors (Lipinski definition) is 5. The Morgan fingerprint density at radius 1 is 1.69 bits per heavy atom. The molecule has 1 rings (SSSR count). The summed E-state index contributed by atoms with van der Waals surface area (Å²) in [7, 11) is 0. The number of nitrogens with zero attached hydrogens (tertiary/aromatic N) is 2. The van der Waals surface area contributed by atoms with Gasteiger partial charge in [0.25, 0.3) is 5.69 Å². The van der Waals surface area contributed by atoms with Gasteiger partial charge in [0.15, 0.2) is 0 Å². The van der Waals surface area contributed by atoms with Crippen molar-refractivity contribution in [3.63, 3.8) is 0 Å². The first-order valence-corrected chi connectivity index (χ1v) is 5.45. The Hall–Kier alpha value is -1.63. The number of nitro groups is 1. The predicted molar refractivity (Wildman–Crippen MR) is 58.6 cm³/mol. The largest absolute Gasteiger partial charge is 0.481 e. The number of aryl methyl sites for hydroxylation is 1. The van der Waals surface area contributed by atoms with Crippen LogP contribution in [0.2, 0.25) is 0 Å². The van der Waals surface area contributed by atoms with Gasteiger partial charge in [-0.05, 0) is 6.92 Å². The number of rotatable bonds is 5. The average Bonchev–Trinajstić information content (AvgIpc) is 2.19. The van der Waals surface area contributed by atoms with Crippen LogP contribution >= 0.6 is 11.8 Å². The second-order valence-corrected chi connectivity index (χ2v) is 4.17. The quantitative estimate of drug-likeness (QED) is 0.481. The van der Waals surface area contributed by atoms with Gasteiger partial charge in [-0.2, -0.15) is 0 Å². The van der Waals surface area contributed by atoms with Crippen LogP contribution in [0.1, 0.15) is 12.0 Å². The molecule has 7 heteroatoms. The lowest BCUT2D eigenvalue weighted by molar-refractivity contribution is -0.385. The highest BCUT2D eigenvalue weighted by Gasteiger charge is 2.12. The molecule has 0 saturated carbocycles. The van der Waals surface area contributed by atoms with Crippen molar-refractivity contribution in [3.8, 4) is 0 Å². The van der Waals surface area contributed by atoms with Crippen molar-refractivity contribution in [1.29, 1.82) is 0 Å². The Labute approximate surface area is 95.8 Å². The molecule has 0 aliphatic carbocycles. The Morgan fingerprint density at radius 2 is 2.38 bits per heavy atom. The van der Waals surface area contributed by atoms with Gasteiger partial charge >= 0.3 is 5.97 Å². The van der Waals surface area contributed by atoms with E-state index in [-0.39, 0.29) is 12.1 Å². The molecule has 0 bridgehead atoms. The molecule has 0 aliphatic heterocycles. The molecule has 86 valence electrons. The molecule has 6 nitrogen and oxygen atoms in total. The average molecular weight is 242 g/mol. The summed E-state index contributed by atoms with van der Waals surface area (Å²) in [6, 6.07) is 1.36. The number of carbonyl (C=O) groups is 1. The van der Waals surface area contributed by atoms with Crippen LogP contribution < -0.4 is 0 Å². The van der Waals surface area contributed by atoms with Gasteiger partial charge in [-0.1, -0.05) is 0 Å². The van der Waals surface area contributed by atoms with Crippen LogP contribution in [0, 0.1) is 17.0 Å². The van der Waals surface area contributed by atoms with Crippen molar-refractivity contribution in [2.24, 2.45) is 0 Å². The molecular weight excluding hydrogens is 232 g/mol. The molecule has 0 aromatic carbocycles. The minimum Gasteiger partial charge on any atom is -0.481 e. The Balaban J connectivity index is 2.71. The molecule has 0 saturated heterocycles. The molecule has 1 aromatic rings. The number of carboxylic acid groups (broad SMARTS) is 1. The third-order valence-corrected chi connectivity index (χ3v) is 2.74. The molecular formula is C9H10N2O4S. The normalized spacial score (nSPS) is 10.1. The fourth-order valence-corrected chi connectivity index (χ4v) is 1.82. The van der Waals surface area contributed by atoms with E-state index in [2.05, 4.69) is 4.98 Å². The molecule has 1 heterocycles. The fourth-order valence-electron chi connectivity index (χ4n) is 1.01. The number of aromatic nitrogens is 1. The van der Waals surface area contributed by atoms with Gasteiger partial charge in [-0.3, -0.25) is 14.9 Å². The molecule has 0 spiro atoms. The Bertz CT molecular complexity index is 422. The Morgan fingerprint density at radius 3 is 2.94 bits per heavy atom. The number of thioether (sulfide) groups is 1. The molecule has 0 fully saturated rings. The predicted octanol–water partition coefficient (Wildman–Crippen LogP) is 1.87. The molecule has 0 atom stereocenters. The lowest BCUT2D eigenvalue weighted by Crippen LogP contribution is -1.97. The zero-order chi connectivity index (χ0) is 12.1. The number of hydrogen-bond donors (Lipinski definition) is 1. The lowest BCUT2D eigenvalue weighted by atomic mass is 10.3. The molecule has 0 aliphatic rings. The first-order valence-electron chi connectivity index (χ1n) is 4.46. The van der Waals surface area contributed by atoms with E-state index in [0.29, 0.717) is 16.3 Å². The van der Waals surface area contributed by atoms with E-state index in [1.807, 2.05) is 0 Å². The van der Waals surface area contributed by atoms with Gasteiger partial charge in [-0.25, -0.2) is 4.98 Å². The third-order valence-electron chi connectivity index (χ3n) is 1.81. The maximum Gasteiger partial charge on any atom is 0.304 e. The molecule has 0 radical (unpaired) electrons. The van der Waals surface area contributed by atoms with Gasteiger partial charge in [0, 0.05) is 23.6 Å². The van der Waals surface area contributed by atoms with Gasteiger partial charge in [0.2, 0.25) is 0 Å². The summed E-state index contributed by atoms with van der Waals surface area (Å²) in [4.78, 5) is 24.4. The summed E-state index contributed by atoms with van der Waals surface area (Å²) < 4.78 is 0. The minimum atomic E-state index is -0.894. The number of aliphatic carboxylic acids is 1. The van der Waals surface area contributed by atoms with E-state index in [1.54, 1.807) is 6.92 Å². The Kier molecular flexibility index (Phi) is 4.24. The van der Waals surface area contributed by atoms with Crippen molar-refractivity contribution < 1.29 is 14.8 Å². The fraction of sp³-hybridized carbons (Fsp3) is 0.333. The molecule has 16 heavy (non-hydrogen) atoms. The highest BCUT2D eigenvalue weighted by atomic mass is 32.2. The lowest BCUT2D eigenvalue weighted by Gasteiger charge is -2.00. The van der Waals surface area contributed by atoms with Crippen LogP contribution in [0.25, 0.3) is 0 Å². The summed E-state index contributed by atoms with van der Waals surface area (Å²) in [6.45, 7) is 1.61. The van der Waals surface area contributed by atoms with Crippen LogP contribution in [0.4, 0.5) is 5.69 Å². The van der Waals surface area contributed by atoms with Crippen molar-refractivity contribution in [2.75, 3.05) is 5.75 Å². The highest BCUT2D eigenvalue weighted by molar-refractivity contribution is 7.99. The summed E-state index contributed by atoms with van der Waals surface area (Å²) in [5.74, 6) is -0.545. The van der Waals surface area contributed by atoms with Crippen LogP contribution in [-0.2, 0) is 4.79 Å². The summed E-state index contributed by atoms with van der Waals surface area (Å²) in [6.07, 6.45) is 1.43. The van der Waals surface area contributed by atoms with E-state index in [1.165, 1.54) is 24.0 Å². The number of carboxylic acids is 1. The zero-order valence-electron chi connectivity index (χ0n) is 8.54. The van der Waals surface area contributed by atoms with Gasteiger partial charge < -0.3 is 5.11 Å². The minimum absolute atomic E-state index is 0.00725. The van der Waals surface area contributed by atoms with E-state index in [9.17, 15) is 14.9 Å². The summed E-state index contributed by atoms with van der Waals surface area (Å²) >= 11 is 1.19. The summed E-state index contributed by atoms with van der Waals surface area (Å²) in [5, 5.41) is 19.5. The molecule has 0 amide bonds. The van der Waals surface area contributed by atoms with Gasteiger partial charge in [-0.15, -0.1) is 11.8 Å². The van der Waals surface area contributed by atoms with Crippen LogP contribution in [0.3, 0.4) is 0 Å². The van der Waals surface area contributed by atoms with Crippen molar-refractivity contribution in [2.45, 2.75) is 18.4 Å². The maximum atomic E-state index is 10.6. The van der Waals surface area contributed by atoms with E-state index in [0.717, 1.165) is 0 Å². The first kappa shape index (κ1) is 12.4. The second-order valence-electron chi connectivity index (χ2n) is 3.06. The molecule has 1 N–H and O–H groups in total. The maximum absolute atomic E-state index is 10.6. The SMILES string of the molecule is Cc1cnc(SCCC(=O)O)cc1[N+](=O)[O-]. The standard InChI is InChI=1S/C9H10N2O4S/c1-6-5-10-8(4-7(6)11(14)15)16-3-2-9(12)13/h4-5H,2-3H2,1H3,(H,12,13).